The van der Waals surface area contributed by atoms with Crippen molar-refractivity contribution in [3.8, 4) is 0 Å². The molecule has 9 N–H and O–H groups in total. The van der Waals surface area contributed by atoms with Gasteiger partial charge < -0.3 is 31.9 Å². The lowest BCUT2D eigenvalue weighted by Crippen LogP contribution is -2.71. The fraction of sp³-hybridized carbons (Fsp3) is 0.692. The number of hydrogen-bond acceptors (Lipinski definition) is 8. The molecule has 0 aromatic carbocycles. The fourth-order valence-corrected chi connectivity index (χ4v) is 3.70. The first-order valence-electron chi connectivity index (χ1n) is 8.56. The maximum atomic E-state index is 12.9. The predicted octanol–water partition coefficient (Wildman–Crippen LogP) is -2.56. The smallest absolute Gasteiger partial charge is 0.370 e. The van der Waals surface area contributed by atoms with E-state index in [9.17, 15) is 38.8 Å². The number of nitrogens with two attached hydrogens (primary N) is 2. The Labute approximate surface area is 165 Å². The number of nitrogens with one attached hydrogen (secondary N) is 3. The second-order valence-electron chi connectivity index (χ2n) is 6.57. The lowest BCUT2D eigenvalue weighted by atomic mass is 10.1. The number of nitrogens with zero attached hydrogens (tertiary/aromatic N) is 2. The molecule has 0 bridgehead atoms. The Morgan fingerprint density at radius 2 is 2.10 bits per heavy atom. The maximum absolute atomic E-state index is 12.9. The minimum absolute atomic E-state index is 0.107. The van der Waals surface area contributed by atoms with Crippen LogP contribution in [0.3, 0.4) is 0 Å². The molecule has 0 aromatic heterocycles. The van der Waals surface area contributed by atoms with E-state index in [0.717, 1.165) is 0 Å². The molecular weight excluding hydrogens is 413 g/mol. The van der Waals surface area contributed by atoms with Gasteiger partial charge in [0.25, 0.3) is 10.8 Å². The lowest BCUT2D eigenvalue weighted by molar-refractivity contribution is -1.24. The molecule has 3 amide bonds. The summed E-state index contributed by atoms with van der Waals surface area (Å²) in [5.41, 5.74) is 10.8. The van der Waals surface area contributed by atoms with E-state index in [1.54, 1.807) is 0 Å². The van der Waals surface area contributed by atoms with Crippen molar-refractivity contribution in [2.24, 2.45) is 11.5 Å². The molecule has 15 nitrogen and oxygen atoms in total. The molecular formula is C13H25N7O8P+. The summed E-state index contributed by atoms with van der Waals surface area (Å²) in [4.78, 5) is 68.3. The van der Waals surface area contributed by atoms with Crippen LogP contribution in [0.1, 0.15) is 32.6 Å². The van der Waals surface area contributed by atoms with Gasteiger partial charge in [0, 0.05) is 19.9 Å². The molecule has 164 valence electrons. The van der Waals surface area contributed by atoms with E-state index in [1.165, 1.54) is 0 Å². The second-order valence-corrected chi connectivity index (χ2v) is 8.49. The molecule has 1 unspecified atom stereocenters. The molecule has 0 saturated carbocycles. The van der Waals surface area contributed by atoms with Crippen molar-refractivity contribution in [3.63, 3.8) is 0 Å². The Hall–Kier alpha value is -2.45. The standard InChI is InChI=1S/C13H24N7O8P/c1-7(29(26,27)28)20(19(24)25,12(23)9-4-5-10(21)18-9)11(22)8(14)3-2-6-17-13(15)16/h7-9H,2-6,14H2,1H3,(H6-,15,16,17,18,21,26,27,28)/p+1/t7-,8+,9+,20?/m1/s1. The number of carbonyl (C=O) groups excluding carboxylic acids is 3. The molecule has 0 aliphatic carbocycles. The number of rotatable bonds is 9. The molecule has 16 heteroatoms. The van der Waals surface area contributed by atoms with E-state index in [-0.39, 0.29) is 38.2 Å². The Morgan fingerprint density at radius 1 is 1.52 bits per heavy atom. The lowest BCUT2D eigenvalue weighted by Gasteiger charge is -2.30. The third-order valence-electron chi connectivity index (χ3n) is 4.58. The molecule has 1 aliphatic heterocycles. The SMILES string of the molecule is C[C@H]([N+](C(=O)[C@@H]1CCC(=O)N1)(C(=O)[C@@H](N)CCCNC(=N)N)[N+](=O)[O-])P(=O)(O)O. The average Bonchev–Trinajstić information content (AvgIpc) is 3.03. The van der Waals surface area contributed by atoms with Gasteiger partial charge in [0.05, 0.1) is 4.59 Å². The number of amides is 3. The molecule has 1 heterocycles. The number of nitro groups is 1. The van der Waals surface area contributed by atoms with Gasteiger partial charge in [-0.15, -0.1) is 0 Å². The van der Waals surface area contributed by atoms with Crippen LogP contribution < -0.4 is 22.1 Å². The molecule has 1 rings (SSSR count). The highest BCUT2D eigenvalue weighted by atomic mass is 31.2. The Morgan fingerprint density at radius 3 is 2.52 bits per heavy atom. The van der Waals surface area contributed by atoms with E-state index in [2.05, 4.69) is 10.6 Å². The van der Waals surface area contributed by atoms with Gasteiger partial charge in [0.2, 0.25) is 5.91 Å². The maximum Gasteiger partial charge on any atom is 0.405 e. The Bertz CT molecular complexity index is 755. The molecule has 1 saturated heterocycles. The van der Waals surface area contributed by atoms with E-state index in [0.29, 0.717) is 6.92 Å². The predicted molar refractivity (Wildman–Crippen MR) is 97.1 cm³/mol. The van der Waals surface area contributed by atoms with Crippen LogP contribution in [0.2, 0.25) is 0 Å². The van der Waals surface area contributed by atoms with Crippen LogP contribution in [0, 0.1) is 15.5 Å². The van der Waals surface area contributed by atoms with Gasteiger partial charge in [0.1, 0.15) is 6.04 Å². The molecule has 0 radical (unpaired) electrons. The molecule has 4 atom stereocenters. The fourth-order valence-electron chi connectivity index (χ4n) is 2.95. The quantitative estimate of drug-likeness (QED) is 0.0375. The van der Waals surface area contributed by atoms with Gasteiger partial charge in [-0.25, -0.2) is 19.7 Å². The van der Waals surface area contributed by atoms with Gasteiger partial charge >= 0.3 is 19.4 Å². The average molecular weight is 438 g/mol. The van der Waals surface area contributed by atoms with Crippen molar-refractivity contribution < 1.29 is 38.4 Å². The van der Waals surface area contributed by atoms with Crippen molar-refractivity contribution in [3.05, 3.63) is 10.1 Å². The second kappa shape index (κ2) is 9.37. The summed E-state index contributed by atoms with van der Waals surface area (Å²) in [5.74, 6) is -6.28. The van der Waals surface area contributed by atoms with Crippen molar-refractivity contribution in [2.45, 2.75) is 50.5 Å². The Kier molecular flexibility index (Phi) is 7.94. The highest BCUT2D eigenvalue weighted by Crippen LogP contribution is 2.47. The Balaban J connectivity index is 3.30. The number of hydrogen-bond donors (Lipinski definition) is 7. The molecule has 1 fully saturated rings. The monoisotopic (exact) mass is 438 g/mol. The summed E-state index contributed by atoms with van der Waals surface area (Å²) < 4.78 is 9.39. The van der Waals surface area contributed by atoms with Crippen LogP contribution >= 0.6 is 7.60 Å². The largest absolute Gasteiger partial charge is 0.405 e. The van der Waals surface area contributed by atoms with Gasteiger partial charge in [-0.05, 0) is 19.3 Å². The van der Waals surface area contributed by atoms with E-state index >= 15 is 0 Å². The highest BCUT2D eigenvalue weighted by molar-refractivity contribution is 7.52. The number of guanidine groups is 1. The van der Waals surface area contributed by atoms with Crippen LogP contribution in [0.15, 0.2) is 0 Å². The first-order valence-corrected chi connectivity index (χ1v) is 10.2. The van der Waals surface area contributed by atoms with Gasteiger partial charge in [0.15, 0.2) is 12.0 Å². The van der Waals surface area contributed by atoms with Crippen molar-refractivity contribution in [1.82, 2.24) is 10.6 Å². The third kappa shape index (κ3) is 5.33. The zero-order valence-electron chi connectivity index (χ0n) is 15.6. The summed E-state index contributed by atoms with van der Waals surface area (Å²) in [6, 6.07) is -3.08. The first-order chi connectivity index (χ1) is 13.3. The van der Waals surface area contributed by atoms with Gasteiger partial charge in [-0.1, -0.05) is 0 Å². The van der Waals surface area contributed by atoms with Crippen LogP contribution in [-0.4, -0.2) is 67.5 Å². The van der Waals surface area contributed by atoms with E-state index in [1.807, 2.05) is 0 Å². The van der Waals surface area contributed by atoms with Crippen LogP contribution in [0.4, 0.5) is 0 Å². The van der Waals surface area contributed by atoms with Crippen molar-refractivity contribution in [1.29, 1.82) is 5.41 Å². The summed E-state index contributed by atoms with van der Waals surface area (Å²) in [6.45, 7) is 0.815. The molecule has 29 heavy (non-hydrogen) atoms. The van der Waals surface area contributed by atoms with Gasteiger partial charge in [-0.2, -0.15) is 0 Å². The van der Waals surface area contributed by atoms with E-state index in [4.69, 9.17) is 16.9 Å². The third-order valence-corrected chi connectivity index (χ3v) is 5.88. The van der Waals surface area contributed by atoms with Crippen LogP contribution in [0.5, 0.6) is 0 Å². The first kappa shape index (κ1) is 24.6. The van der Waals surface area contributed by atoms with E-state index < -0.39 is 52.8 Å². The summed E-state index contributed by atoms with van der Waals surface area (Å²) >= 11 is 0. The van der Waals surface area contributed by atoms with Crippen molar-refractivity contribution in [2.75, 3.05) is 6.54 Å². The normalized spacial score (nSPS) is 20.8. The molecule has 0 spiro atoms. The van der Waals surface area contributed by atoms with Crippen LogP contribution in [-0.2, 0) is 18.9 Å². The summed E-state index contributed by atoms with van der Waals surface area (Å²) in [6.07, 6.45) is -0.353. The highest BCUT2D eigenvalue weighted by Gasteiger charge is 2.69. The molecule has 1 aliphatic rings. The summed E-state index contributed by atoms with van der Waals surface area (Å²) in [7, 11) is -5.32. The molecule has 0 aromatic rings. The zero-order valence-corrected chi connectivity index (χ0v) is 16.5. The summed E-state index contributed by atoms with van der Waals surface area (Å²) in [5, 5.41) is 22.2. The van der Waals surface area contributed by atoms with Gasteiger partial charge in [-0.3, -0.25) is 14.8 Å². The van der Waals surface area contributed by atoms with Crippen LogP contribution in [0.25, 0.3) is 0 Å². The zero-order chi connectivity index (χ0) is 22.6. The van der Waals surface area contributed by atoms with Crippen molar-refractivity contribution >= 4 is 31.3 Å². The number of quaternary nitrogens is 1. The number of carbonyl (C=O) groups is 3. The minimum Gasteiger partial charge on any atom is -0.370 e. The topological polar surface area (TPSA) is 252 Å². The minimum atomic E-state index is -5.32. The number of imide groups is 1.